The minimum atomic E-state index is -1.59. The largest absolute Gasteiger partial charge is 0.475 e. The molecule has 1 rings (SSSR count). The molecule has 0 aromatic carbocycles. The van der Waals surface area contributed by atoms with Crippen LogP contribution in [-0.2, 0) is 4.74 Å². The third-order valence-corrected chi connectivity index (χ3v) is 2.03. The second-order valence-electron chi connectivity index (χ2n) is 5.29. The monoisotopic (exact) mass is 304 g/mol. The quantitative estimate of drug-likeness (QED) is 0.853. The van der Waals surface area contributed by atoms with Crippen molar-refractivity contribution < 1.29 is 33.1 Å². The van der Waals surface area contributed by atoms with Crippen molar-refractivity contribution in [3.05, 3.63) is 11.6 Å². The molecule has 1 atom stereocenters. The Bertz CT molecular complexity index is 522. The molecule has 9 heteroatoms. The van der Waals surface area contributed by atoms with Gasteiger partial charge >= 0.3 is 12.1 Å². The smallest absolute Gasteiger partial charge is 0.407 e. The van der Waals surface area contributed by atoms with Crippen LogP contribution in [0.3, 0.4) is 0 Å². The second-order valence-corrected chi connectivity index (χ2v) is 5.29. The van der Waals surface area contributed by atoms with Crippen molar-refractivity contribution in [2.75, 3.05) is 6.61 Å². The number of nitrogens with zero attached hydrogens (tertiary/aromatic N) is 1. The zero-order valence-electron chi connectivity index (χ0n) is 12.1. The number of ether oxygens (including phenoxy) is 2. The Hall–Kier alpha value is -2.32. The normalized spacial score (nSPS) is 12.6. The highest BCUT2D eigenvalue weighted by Crippen LogP contribution is 2.19. The van der Waals surface area contributed by atoms with Crippen LogP contribution in [0.1, 0.15) is 38.2 Å². The molecule has 0 spiro atoms. The van der Waals surface area contributed by atoms with Crippen LogP contribution < -0.4 is 10.1 Å². The van der Waals surface area contributed by atoms with Crippen LogP contribution in [0.5, 0.6) is 5.88 Å². The molecule has 21 heavy (non-hydrogen) atoms. The average Bonchev–Trinajstić information content (AvgIpc) is 2.65. The van der Waals surface area contributed by atoms with Gasteiger partial charge in [-0.15, -0.1) is 0 Å². The van der Waals surface area contributed by atoms with Crippen molar-refractivity contribution in [1.82, 2.24) is 10.5 Å². The van der Waals surface area contributed by atoms with E-state index in [2.05, 4.69) is 15.0 Å². The van der Waals surface area contributed by atoms with E-state index in [0.717, 1.165) is 0 Å². The summed E-state index contributed by atoms with van der Waals surface area (Å²) in [5.41, 5.74) is -0.640. The van der Waals surface area contributed by atoms with Crippen LogP contribution in [0.2, 0.25) is 0 Å². The molecule has 0 bridgehead atoms. The van der Waals surface area contributed by atoms with Gasteiger partial charge in [0.05, 0.1) is 6.04 Å². The number of alkyl carbamates (subject to hydrolysis) is 1. The fraction of sp³-hybridized carbons (Fsp3) is 0.583. The molecule has 118 valence electrons. The first-order valence-electron chi connectivity index (χ1n) is 6.11. The maximum absolute atomic E-state index is 13.4. The van der Waals surface area contributed by atoms with Crippen LogP contribution >= 0.6 is 0 Å². The Morgan fingerprint density at radius 1 is 1.48 bits per heavy atom. The van der Waals surface area contributed by atoms with Crippen LogP contribution in [-0.4, -0.2) is 40.6 Å². The number of carbonyl (C=O) groups excluding carboxylic acids is 1. The molecular formula is C12H17FN2O6. The van der Waals surface area contributed by atoms with Gasteiger partial charge in [0.2, 0.25) is 5.82 Å². The molecule has 1 aromatic rings. The number of aromatic carboxylic acids is 1. The summed E-state index contributed by atoms with van der Waals surface area (Å²) in [6, 6.07) is -0.510. The van der Waals surface area contributed by atoms with E-state index in [-0.39, 0.29) is 6.61 Å². The van der Waals surface area contributed by atoms with Crippen LogP contribution in [0.4, 0.5) is 9.18 Å². The molecule has 0 saturated carbocycles. The molecular weight excluding hydrogens is 287 g/mol. The first kappa shape index (κ1) is 16.7. The lowest BCUT2D eigenvalue weighted by molar-refractivity contribution is 0.0491. The molecule has 1 amide bonds. The number of halogens is 1. The molecule has 0 saturated heterocycles. The zero-order chi connectivity index (χ0) is 16.2. The molecule has 0 aliphatic rings. The van der Waals surface area contributed by atoms with Gasteiger partial charge in [-0.05, 0) is 32.9 Å². The van der Waals surface area contributed by atoms with E-state index in [1.165, 1.54) is 0 Å². The van der Waals surface area contributed by atoms with Crippen LogP contribution in [0, 0.1) is 5.82 Å². The van der Waals surface area contributed by atoms with Gasteiger partial charge in [0.15, 0.2) is 0 Å². The Labute approximate surface area is 120 Å². The first-order valence-corrected chi connectivity index (χ1v) is 6.11. The van der Waals surface area contributed by atoms with E-state index in [9.17, 15) is 14.0 Å². The summed E-state index contributed by atoms with van der Waals surface area (Å²) in [4.78, 5) is 22.0. The van der Waals surface area contributed by atoms with Crippen molar-refractivity contribution in [3.8, 4) is 5.88 Å². The SMILES string of the molecule is C[C@@H](COc1noc(C(=O)O)c1F)NC(=O)OC(C)(C)C. The predicted octanol–water partition coefficient (Wildman–Crippen LogP) is 1.80. The number of aromatic nitrogens is 1. The summed E-state index contributed by atoms with van der Waals surface area (Å²) in [5.74, 6) is -4.30. The maximum Gasteiger partial charge on any atom is 0.407 e. The van der Waals surface area contributed by atoms with E-state index in [4.69, 9.17) is 14.6 Å². The van der Waals surface area contributed by atoms with Crippen molar-refractivity contribution in [1.29, 1.82) is 0 Å². The Kier molecular flexibility index (Phi) is 5.12. The van der Waals surface area contributed by atoms with Crippen LogP contribution in [0.25, 0.3) is 0 Å². The second kappa shape index (κ2) is 6.42. The minimum Gasteiger partial charge on any atom is -0.475 e. The van der Waals surface area contributed by atoms with E-state index < -0.39 is 41.2 Å². The number of hydrogen-bond acceptors (Lipinski definition) is 6. The Morgan fingerprint density at radius 2 is 2.10 bits per heavy atom. The lowest BCUT2D eigenvalue weighted by atomic mass is 10.2. The third kappa shape index (κ3) is 5.28. The molecule has 0 unspecified atom stereocenters. The number of carboxylic acids is 1. The number of rotatable bonds is 5. The van der Waals surface area contributed by atoms with Gasteiger partial charge in [-0.1, -0.05) is 0 Å². The van der Waals surface area contributed by atoms with E-state index in [0.29, 0.717) is 0 Å². The highest BCUT2D eigenvalue weighted by atomic mass is 19.1. The lowest BCUT2D eigenvalue weighted by Gasteiger charge is -2.21. The standard InChI is InChI=1S/C12H17FN2O6/c1-6(14-11(18)20-12(2,3)4)5-19-9-7(13)8(10(16)17)21-15-9/h6H,5H2,1-4H3,(H,14,18)(H,16,17)/t6-/m0/s1. The number of carbonyl (C=O) groups is 2. The maximum atomic E-state index is 13.4. The number of amides is 1. The minimum absolute atomic E-state index is 0.137. The van der Waals surface area contributed by atoms with Gasteiger partial charge in [0.25, 0.3) is 11.6 Å². The summed E-state index contributed by atoms with van der Waals surface area (Å²) < 4.78 is 27.7. The van der Waals surface area contributed by atoms with Gasteiger partial charge in [0.1, 0.15) is 12.2 Å². The average molecular weight is 304 g/mol. The van der Waals surface area contributed by atoms with Crippen LogP contribution in [0.15, 0.2) is 4.52 Å². The molecule has 2 N–H and O–H groups in total. The number of nitrogens with one attached hydrogen (secondary N) is 1. The summed E-state index contributed by atoms with van der Waals surface area (Å²) in [6.07, 6.45) is -0.648. The van der Waals surface area contributed by atoms with Crippen molar-refractivity contribution in [3.63, 3.8) is 0 Å². The van der Waals surface area contributed by atoms with Crippen molar-refractivity contribution in [2.45, 2.75) is 39.3 Å². The number of hydrogen-bond donors (Lipinski definition) is 2. The Balaban J connectivity index is 2.48. The highest BCUT2D eigenvalue weighted by Gasteiger charge is 2.24. The zero-order valence-corrected chi connectivity index (χ0v) is 12.1. The molecule has 1 heterocycles. The summed E-state index contributed by atoms with van der Waals surface area (Å²) >= 11 is 0. The van der Waals surface area contributed by atoms with E-state index in [1.54, 1.807) is 27.7 Å². The topological polar surface area (TPSA) is 111 Å². The van der Waals surface area contributed by atoms with Crippen molar-refractivity contribution >= 4 is 12.1 Å². The van der Waals surface area contributed by atoms with Gasteiger partial charge in [0, 0.05) is 0 Å². The molecule has 0 aliphatic carbocycles. The Morgan fingerprint density at radius 3 is 2.57 bits per heavy atom. The first-order chi connectivity index (χ1) is 9.60. The molecule has 0 aliphatic heterocycles. The van der Waals surface area contributed by atoms with Gasteiger partial charge < -0.3 is 24.4 Å². The summed E-state index contributed by atoms with van der Waals surface area (Å²) in [5, 5.41) is 14.2. The van der Waals surface area contributed by atoms with Gasteiger partial charge in [-0.3, -0.25) is 0 Å². The molecule has 8 nitrogen and oxygen atoms in total. The third-order valence-electron chi connectivity index (χ3n) is 2.03. The molecule has 1 aromatic heterocycles. The van der Waals surface area contributed by atoms with Gasteiger partial charge in [-0.2, -0.15) is 4.39 Å². The van der Waals surface area contributed by atoms with E-state index >= 15 is 0 Å². The molecule has 0 radical (unpaired) electrons. The van der Waals surface area contributed by atoms with Gasteiger partial charge in [-0.25, -0.2) is 9.59 Å². The van der Waals surface area contributed by atoms with E-state index in [1.807, 2.05) is 0 Å². The fourth-order valence-corrected chi connectivity index (χ4v) is 1.24. The summed E-state index contributed by atoms with van der Waals surface area (Å²) in [7, 11) is 0. The predicted molar refractivity (Wildman–Crippen MR) is 67.7 cm³/mol. The highest BCUT2D eigenvalue weighted by molar-refractivity contribution is 5.84. The molecule has 0 fully saturated rings. The summed E-state index contributed by atoms with van der Waals surface area (Å²) in [6.45, 7) is 6.60. The van der Waals surface area contributed by atoms with Crippen molar-refractivity contribution in [2.24, 2.45) is 0 Å². The fourth-order valence-electron chi connectivity index (χ4n) is 1.24. The number of carboxylic acid groups (broad SMARTS) is 1. The lowest BCUT2D eigenvalue weighted by Crippen LogP contribution is -2.40.